The van der Waals surface area contributed by atoms with Gasteiger partial charge >= 0.3 is 0 Å². The van der Waals surface area contributed by atoms with Crippen LogP contribution in [-0.2, 0) is 16.4 Å². The number of rotatable bonds is 4. The van der Waals surface area contributed by atoms with E-state index in [0.717, 1.165) is 19.3 Å². The zero-order chi connectivity index (χ0) is 15.7. The van der Waals surface area contributed by atoms with E-state index in [2.05, 4.69) is 27.7 Å². The lowest BCUT2D eigenvalue weighted by atomic mass is 9.94. The number of sulfonamides is 1. The Kier molecular flexibility index (Phi) is 4.38. The summed E-state index contributed by atoms with van der Waals surface area (Å²) in [6.07, 6.45) is 2.91. The summed E-state index contributed by atoms with van der Waals surface area (Å²) in [5, 5.41) is 8.88. The highest BCUT2D eigenvalue weighted by Gasteiger charge is 2.32. The SMILES string of the molecule is Cc1n[nH]c(C)c1S(=O)(=O)N1CCC(Cc2cccs2)CC1. The van der Waals surface area contributed by atoms with Crippen molar-refractivity contribution < 1.29 is 8.42 Å². The third-order valence-electron chi connectivity index (χ3n) is 4.30. The van der Waals surface area contributed by atoms with E-state index in [1.54, 1.807) is 29.5 Å². The first kappa shape index (κ1) is 15.7. The van der Waals surface area contributed by atoms with Gasteiger partial charge in [-0.2, -0.15) is 9.40 Å². The van der Waals surface area contributed by atoms with Crippen molar-refractivity contribution in [3.05, 3.63) is 33.8 Å². The van der Waals surface area contributed by atoms with E-state index in [9.17, 15) is 8.42 Å². The second-order valence-electron chi connectivity index (χ2n) is 5.89. The highest BCUT2D eigenvalue weighted by Crippen LogP contribution is 2.28. The number of hydrogen-bond donors (Lipinski definition) is 1. The van der Waals surface area contributed by atoms with Crippen LogP contribution in [0, 0.1) is 19.8 Å². The van der Waals surface area contributed by atoms with Gasteiger partial charge in [-0.15, -0.1) is 11.3 Å². The van der Waals surface area contributed by atoms with Gasteiger partial charge in [-0.3, -0.25) is 5.10 Å². The van der Waals surface area contributed by atoms with E-state index in [-0.39, 0.29) is 0 Å². The van der Waals surface area contributed by atoms with Crippen LogP contribution in [0.1, 0.15) is 29.1 Å². The Bertz CT molecular complexity index is 707. The normalized spacial score (nSPS) is 17.9. The lowest BCUT2D eigenvalue weighted by molar-refractivity contribution is 0.273. The van der Waals surface area contributed by atoms with Crippen molar-refractivity contribution in [1.29, 1.82) is 0 Å². The molecule has 0 saturated carbocycles. The van der Waals surface area contributed by atoms with Crippen LogP contribution in [-0.4, -0.2) is 36.0 Å². The molecule has 1 N–H and O–H groups in total. The number of nitrogens with one attached hydrogen (secondary N) is 1. The summed E-state index contributed by atoms with van der Waals surface area (Å²) in [5.41, 5.74) is 1.18. The maximum absolute atomic E-state index is 12.8. The van der Waals surface area contributed by atoms with Crippen molar-refractivity contribution in [2.75, 3.05) is 13.1 Å². The number of aromatic nitrogens is 2. The van der Waals surface area contributed by atoms with Gasteiger partial charge < -0.3 is 0 Å². The Labute approximate surface area is 135 Å². The summed E-state index contributed by atoms with van der Waals surface area (Å²) >= 11 is 1.78. The minimum Gasteiger partial charge on any atom is -0.281 e. The van der Waals surface area contributed by atoms with E-state index >= 15 is 0 Å². The maximum atomic E-state index is 12.8. The van der Waals surface area contributed by atoms with Gasteiger partial charge in [0.05, 0.1) is 11.4 Å². The van der Waals surface area contributed by atoms with Crippen molar-refractivity contribution in [2.45, 2.75) is 38.0 Å². The molecule has 3 heterocycles. The fourth-order valence-electron chi connectivity index (χ4n) is 3.12. The van der Waals surface area contributed by atoms with Gasteiger partial charge in [0.25, 0.3) is 0 Å². The van der Waals surface area contributed by atoms with Gasteiger partial charge in [0, 0.05) is 18.0 Å². The maximum Gasteiger partial charge on any atom is 0.246 e. The molecule has 0 radical (unpaired) electrons. The zero-order valence-corrected chi connectivity index (χ0v) is 14.5. The predicted octanol–water partition coefficient (Wildman–Crippen LogP) is 2.73. The summed E-state index contributed by atoms with van der Waals surface area (Å²) < 4.78 is 27.2. The Morgan fingerprint density at radius 2 is 2.09 bits per heavy atom. The summed E-state index contributed by atoms with van der Waals surface area (Å²) in [6, 6.07) is 4.23. The Balaban J connectivity index is 1.68. The minimum absolute atomic E-state index is 0.351. The molecule has 2 aromatic heterocycles. The zero-order valence-electron chi connectivity index (χ0n) is 12.9. The van der Waals surface area contributed by atoms with Crippen LogP contribution in [0.15, 0.2) is 22.4 Å². The Morgan fingerprint density at radius 1 is 1.36 bits per heavy atom. The average molecular weight is 339 g/mol. The molecule has 22 heavy (non-hydrogen) atoms. The molecule has 0 aromatic carbocycles. The lowest BCUT2D eigenvalue weighted by Crippen LogP contribution is -2.39. The smallest absolute Gasteiger partial charge is 0.246 e. The summed E-state index contributed by atoms with van der Waals surface area (Å²) in [5.74, 6) is 0.580. The van der Waals surface area contributed by atoms with E-state index in [0.29, 0.717) is 35.3 Å². The largest absolute Gasteiger partial charge is 0.281 e. The van der Waals surface area contributed by atoms with Gasteiger partial charge in [-0.05, 0) is 50.5 Å². The van der Waals surface area contributed by atoms with Gasteiger partial charge in [-0.25, -0.2) is 8.42 Å². The third-order valence-corrected chi connectivity index (χ3v) is 7.36. The first-order chi connectivity index (χ1) is 10.5. The number of aryl methyl sites for hydroxylation is 2. The summed E-state index contributed by atoms with van der Waals surface area (Å²) in [4.78, 5) is 1.74. The third kappa shape index (κ3) is 2.98. The molecule has 1 saturated heterocycles. The molecule has 2 aromatic rings. The quantitative estimate of drug-likeness (QED) is 0.931. The van der Waals surface area contributed by atoms with Crippen LogP contribution in [0.5, 0.6) is 0 Å². The van der Waals surface area contributed by atoms with Crippen molar-refractivity contribution in [1.82, 2.24) is 14.5 Å². The molecule has 1 fully saturated rings. The van der Waals surface area contributed by atoms with Crippen LogP contribution in [0.4, 0.5) is 0 Å². The summed E-state index contributed by atoms with van der Waals surface area (Å²) in [7, 11) is -3.42. The molecular formula is C15H21N3O2S2. The fraction of sp³-hybridized carbons (Fsp3) is 0.533. The summed E-state index contributed by atoms with van der Waals surface area (Å²) in [6.45, 7) is 4.70. The van der Waals surface area contributed by atoms with Crippen LogP contribution in [0.3, 0.4) is 0 Å². The van der Waals surface area contributed by atoms with Gasteiger partial charge in [0.1, 0.15) is 4.90 Å². The Morgan fingerprint density at radius 3 is 2.64 bits per heavy atom. The molecule has 0 aliphatic carbocycles. The number of piperidine rings is 1. The van der Waals surface area contributed by atoms with Crippen LogP contribution < -0.4 is 0 Å². The lowest BCUT2D eigenvalue weighted by Gasteiger charge is -2.31. The fourth-order valence-corrected chi connectivity index (χ4v) is 5.74. The Hall–Kier alpha value is -1.18. The van der Waals surface area contributed by atoms with E-state index in [1.807, 2.05) is 0 Å². The first-order valence-electron chi connectivity index (χ1n) is 7.52. The highest BCUT2D eigenvalue weighted by molar-refractivity contribution is 7.89. The molecule has 7 heteroatoms. The monoisotopic (exact) mass is 339 g/mol. The van der Waals surface area contributed by atoms with Crippen LogP contribution in [0.2, 0.25) is 0 Å². The predicted molar refractivity (Wildman–Crippen MR) is 87.6 cm³/mol. The molecule has 0 amide bonds. The number of H-pyrrole nitrogens is 1. The van der Waals surface area contributed by atoms with Crippen molar-refractivity contribution in [2.24, 2.45) is 5.92 Å². The minimum atomic E-state index is -3.42. The van der Waals surface area contributed by atoms with E-state index < -0.39 is 10.0 Å². The van der Waals surface area contributed by atoms with Crippen molar-refractivity contribution >= 4 is 21.4 Å². The number of hydrogen-bond acceptors (Lipinski definition) is 4. The standard InChI is InChI=1S/C15H21N3O2S2/c1-11-15(12(2)17-16-11)22(19,20)18-7-5-13(6-8-18)10-14-4-3-9-21-14/h3-4,9,13H,5-8,10H2,1-2H3,(H,16,17). The van der Waals surface area contributed by atoms with Crippen molar-refractivity contribution in [3.63, 3.8) is 0 Å². The molecule has 0 bridgehead atoms. The molecule has 0 unspecified atom stereocenters. The van der Waals surface area contributed by atoms with Crippen molar-refractivity contribution in [3.8, 4) is 0 Å². The van der Waals surface area contributed by atoms with Crippen LogP contribution in [0.25, 0.3) is 0 Å². The molecular weight excluding hydrogens is 318 g/mol. The van der Waals surface area contributed by atoms with Gasteiger partial charge in [0.2, 0.25) is 10.0 Å². The molecule has 5 nitrogen and oxygen atoms in total. The molecule has 3 rings (SSSR count). The highest BCUT2D eigenvalue weighted by atomic mass is 32.2. The molecule has 0 atom stereocenters. The second kappa shape index (κ2) is 6.14. The number of nitrogens with zero attached hydrogens (tertiary/aromatic N) is 2. The molecule has 1 aliphatic rings. The number of thiophene rings is 1. The molecule has 0 spiro atoms. The van der Waals surface area contributed by atoms with Crippen LogP contribution >= 0.6 is 11.3 Å². The van der Waals surface area contributed by atoms with Gasteiger partial charge in [0.15, 0.2) is 0 Å². The first-order valence-corrected chi connectivity index (χ1v) is 9.84. The topological polar surface area (TPSA) is 66.1 Å². The number of aromatic amines is 1. The average Bonchev–Trinajstić information content (AvgIpc) is 3.10. The van der Waals surface area contributed by atoms with E-state index in [4.69, 9.17) is 0 Å². The molecule has 120 valence electrons. The second-order valence-corrected chi connectivity index (χ2v) is 8.80. The van der Waals surface area contributed by atoms with E-state index in [1.165, 1.54) is 4.88 Å². The van der Waals surface area contributed by atoms with Gasteiger partial charge in [-0.1, -0.05) is 6.07 Å². The molecule has 1 aliphatic heterocycles.